The van der Waals surface area contributed by atoms with Crippen LogP contribution in [0.25, 0.3) is 10.8 Å². The van der Waals surface area contributed by atoms with Gasteiger partial charge < -0.3 is 19.3 Å². The lowest BCUT2D eigenvalue weighted by Crippen LogP contribution is -2.68. The van der Waals surface area contributed by atoms with Crippen LogP contribution in [0.1, 0.15) is 44.6 Å². The van der Waals surface area contributed by atoms with Gasteiger partial charge in [-0.1, -0.05) is 42.5 Å². The standard InChI is InChI=1S/C27H32N2O4/c1-27(32-2,23-9-5-7-17-6-3-4-8-21(17)23)26(31)29-16-18-10-11-19(29)15-28(18)25(30)22-14-20-12-13-24(22)33-20/h3-9,18-20,22,24H,10-16H2,1-2H3/t18-,19-,20-,22?,24-,27?/m1/s1. The number of fused-ring (bicyclic) bond motifs is 6. The molecule has 2 amide bonds. The Morgan fingerprint density at radius 3 is 2.36 bits per heavy atom. The zero-order valence-corrected chi connectivity index (χ0v) is 19.4. The second kappa shape index (κ2) is 7.81. The molecule has 6 nitrogen and oxygen atoms in total. The lowest BCUT2D eigenvalue weighted by atomic mass is 9.83. The maximum atomic E-state index is 14.0. The summed E-state index contributed by atoms with van der Waals surface area (Å²) in [4.78, 5) is 31.4. The zero-order chi connectivity index (χ0) is 22.7. The lowest BCUT2D eigenvalue weighted by molar-refractivity contribution is -0.169. The SMILES string of the molecule is COC(C)(C(=O)N1C[C@H]2CC[C@@H]1CN2C(=O)C1C[C@H]2CC[C@H]1O2)c1cccc2ccccc12. The third-order valence-corrected chi connectivity index (χ3v) is 8.62. The van der Waals surface area contributed by atoms with Gasteiger partial charge in [0.05, 0.1) is 18.1 Å². The Hall–Kier alpha value is -2.44. The molecule has 7 rings (SSSR count). The molecule has 174 valence electrons. The number of piperidine rings is 2. The van der Waals surface area contributed by atoms with Crippen LogP contribution in [0.2, 0.25) is 0 Å². The summed E-state index contributed by atoms with van der Waals surface area (Å²) in [5.74, 6) is 0.242. The first kappa shape index (κ1) is 21.1. The molecule has 33 heavy (non-hydrogen) atoms. The van der Waals surface area contributed by atoms with Gasteiger partial charge in [0, 0.05) is 37.8 Å². The molecule has 6 heteroatoms. The number of hydrogen-bond acceptors (Lipinski definition) is 4. The molecule has 4 bridgehead atoms. The van der Waals surface area contributed by atoms with E-state index in [1.807, 2.05) is 36.1 Å². The average molecular weight is 449 g/mol. The Morgan fingerprint density at radius 2 is 1.70 bits per heavy atom. The van der Waals surface area contributed by atoms with Gasteiger partial charge in [0.1, 0.15) is 0 Å². The Kier molecular flexibility index (Phi) is 5.00. The first-order chi connectivity index (χ1) is 16.0. The fourth-order valence-corrected chi connectivity index (χ4v) is 6.69. The van der Waals surface area contributed by atoms with Gasteiger partial charge in [0.15, 0.2) is 5.60 Å². The number of nitrogens with zero attached hydrogens (tertiary/aromatic N) is 2. The molecule has 5 saturated heterocycles. The second-order valence-corrected chi connectivity index (χ2v) is 10.3. The number of carbonyl (C=O) groups excluding carboxylic acids is 2. The van der Waals surface area contributed by atoms with Gasteiger partial charge >= 0.3 is 0 Å². The van der Waals surface area contributed by atoms with Crippen molar-refractivity contribution in [1.82, 2.24) is 9.80 Å². The van der Waals surface area contributed by atoms with Crippen molar-refractivity contribution in [2.24, 2.45) is 5.92 Å². The molecule has 0 N–H and O–H groups in total. The number of ether oxygens (including phenoxy) is 2. The van der Waals surface area contributed by atoms with E-state index in [4.69, 9.17) is 9.47 Å². The predicted octanol–water partition coefficient (Wildman–Crippen LogP) is 3.47. The van der Waals surface area contributed by atoms with E-state index in [0.29, 0.717) is 13.1 Å². The van der Waals surface area contributed by atoms with Crippen molar-refractivity contribution in [3.8, 4) is 0 Å². The largest absolute Gasteiger partial charge is 0.374 e. The normalized spacial score (nSPS) is 32.4. The summed E-state index contributed by atoms with van der Waals surface area (Å²) < 4.78 is 11.9. The van der Waals surface area contributed by atoms with Crippen LogP contribution in [0.15, 0.2) is 42.5 Å². The van der Waals surface area contributed by atoms with Crippen LogP contribution in [0.5, 0.6) is 0 Å². The summed E-state index contributed by atoms with van der Waals surface area (Å²) in [6, 6.07) is 14.3. The van der Waals surface area contributed by atoms with E-state index in [9.17, 15) is 9.59 Å². The molecular weight excluding hydrogens is 416 g/mol. The fraction of sp³-hybridized carbons (Fsp3) is 0.556. The maximum absolute atomic E-state index is 14.0. The van der Waals surface area contributed by atoms with E-state index in [-0.39, 0.29) is 42.0 Å². The van der Waals surface area contributed by atoms with Crippen LogP contribution in [0, 0.1) is 5.92 Å². The minimum atomic E-state index is -1.08. The fourth-order valence-electron chi connectivity index (χ4n) is 6.69. The summed E-state index contributed by atoms with van der Waals surface area (Å²) in [7, 11) is 1.62. The van der Waals surface area contributed by atoms with Crippen molar-refractivity contribution in [3.05, 3.63) is 48.0 Å². The van der Waals surface area contributed by atoms with Gasteiger partial charge in [-0.2, -0.15) is 0 Å². The Labute approximate surface area is 194 Å². The van der Waals surface area contributed by atoms with Crippen LogP contribution >= 0.6 is 0 Å². The molecule has 5 aliphatic heterocycles. The first-order valence-corrected chi connectivity index (χ1v) is 12.3. The maximum Gasteiger partial charge on any atom is 0.259 e. The van der Waals surface area contributed by atoms with Crippen LogP contribution < -0.4 is 0 Å². The number of piperazine rings is 1. The topological polar surface area (TPSA) is 59.1 Å². The third kappa shape index (κ3) is 3.22. The van der Waals surface area contributed by atoms with Crippen molar-refractivity contribution in [1.29, 1.82) is 0 Å². The van der Waals surface area contributed by atoms with Crippen molar-refractivity contribution < 1.29 is 19.1 Å². The van der Waals surface area contributed by atoms with E-state index in [2.05, 4.69) is 23.1 Å². The molecule has 0 spiro atoms. The highest BCUT2D eigenvalue weighted by atomic mass is 16.5. The summed E-state index contributed by atoms with van der Waals surface area (Å²) in [5.41, 5.74) is -0.187. The van der Waals surface area contributed by atoms with Gasteiger partial charge in [0.25, 0.3) is 5.91 Å². The van der Waals surface area contributed by atoms with E-state index < -0.39 is 5.60 Å². The van der Waals surface area contributed by atoms with Gasteiger partial charge in [-0.15, -0.1) is 0 Å². The van der Waals surface area contributed by atoms with Crippen LogP contribution in [-0.4, -0.2) is 66.1 Å². The molecule has 2 aromatic rings. The van der Waals surface area contributed by atoms with Crippen molar-refractivity contribution >= 4 is 22.6 Å². The number of amides is 2. The zero-order valence-electron chi connectivity index (χ0n) is 19.4. The number of benzene rings is 2. The van der Waals surface area contributed by atoms with Crippen molar-refractivity contribution in [3.63, 3.8) is 0 Å². The van der Waals surface area contributed by atoms with Gasteiger partial charge in [-0.05, 0) is 49.8 Å². The highest BCUT2D eigenvalue weighted by Gasteiger charge is 2.52. The summed E-state index contributed by atoms with van der Waals surface area (Å²) in [5, 5.41) is 2.13. The van der Waals surface area contributed by atoms with Crippen molar-refractivity contribution in [2.45, 2.75) is 68.9 Å². The van der Waals surface area contributed by atoms with Crippen molar-refractivity contribution in [2.75, 3.05) is 20.2 Å². The summed E-state index contributed by atoms with van der Waals surface area (Å²) in [6.07, 6.45) is 5.22. The molecule has 0 saturated carbocycles. The van der Waals surface area contributed by atoms with Crippen LogP contribution in [0.3, 0.4) is 0 Å². The number of hydrogen-bond donors (Lipinski definition) is 0. The molecule has 5 fully saturated rings. The molecule has 6 atom stereocenters. The molecule has 0 radical (unpaired) electrons. The Bertz CT molecular complexity index is 1100. The quantitative estimate of drug-likeness (QED) is 0.719. The van der Waals surface area contributed by atoms with Crippen LogP contribution in [-0.2, 0) is 24.7 Å². The lowest BCUT2D eigenvalue weighted by Gasteiger charge is -2.53. The Balaban J connectivity index is 1.25. The molecule has 0 aliphatic carbocycles. The number of rotatable bonds is 4. The van der Waals surface area contributed by atoms with Crippen LogP contribution in [0.4, 0.5) is 0 Å². The summed E-state index contributed by atoms with van der Waals surface area (Å²) >= 11 is 0. The summed E-state index contributed by atoms with van der Waals surface area (Å²) in [6.45, 7) is 3.09. The van der Waals surface area contributed by atoms with E-state index in [1.54, 1.807) is 7.11 Å². The Morgan fingerprint density at radius 1 is 0.970 bits per heavy atom. The van der Waals surface area contributed by atoms with Gasteiger partial charge in [0.2, 0.25) is 5.91 Å². The highest BCUT2D eigenvalue weighted by molar-refractivity contribution is 5.95. The minimum absolute atomic E-state index is 0.00664. The second-order valence-electron chi connectivity index (χ2n) is 10.3. The van der Waals surface area contributed by atoms with E-state index >= 15 is 0 Å². The third-order valence-electron chi connectivity index (χ3n) is 8.62. The molecule has 0 aromatic heterocycles. The van der Waals surface area contributed by atoms with E-state index in [1.165, 1.54) is 0 Å². The number of carbonyl (C=O) groups is 2. The molecule has 5 aliphatic rings. The number of methoxy groups -OCH3 is 1. The molecule has 2 aromatic carbocycles. The van der Waals surface area contributed by atoms with Gasteiger partial charge in [-0.25, -0.2) is 0 Å². The first-order valence-electron chi connectivity index (χ1n) is 12.3. The molecule has 5 heterocycles. The molecular formula is C27H32N2O4. The molecule has 2 unspecified atom stereocenters. The smallest absolute Gasteiger partial charge is 0.259 e. The predicted molar refractivity (Wildman–Crippen MR) is 125 cm³/mol. The minimum Gasteiger partial charge on any atom is -0.374 e. The monoisotopic (exact) mass is 448 g/mol. The van der Waals surface area contributed by atoms with E-state index in [0.717, 1.165) is 48.4 Å². The highest BCUT2D eigenvalue weighted by Crippen LogP contribution is 2.42. The van der Waals surface area contributed by atoms with Gasteiger partial charge in [-0.3, -0.25) is 9.59 Å². The average Bonchev–Trinajstić information content (AvgIpc) is 3.51.